The normalized spacial score (nSPS) is 12.2. The van der Waals surface area contributed by atoms with Gasteiger partial charge in [-0.2, -0.15) is 0 Å². The summed E-state index contributed by atoms with van der Waals surface area (Å²) in [6, 6.07) is 23.0. The monoisotopic (exact) mass is 470 g/mol. The van der Waals surface area contributed by atoms with Crippen LogP contribution in [0.2, 0.25) is 5.02 Å². The van der Waals surface area contributed by atoms with Gasteiger partial charge >= 0.3 is 0 Å². The van der Waals surface area contributed by atoms with Gasteiger partial charge in [0, 0.05) is 11.1 Å². The fourth-order valence-electron chi connectivity index (χ4n) is 3.33. The summed E-state index contributed by atoms with van der Waals surface area (Å²) in [6.45, 7) is 3.46. The molecule has 168 valence electrons. The van der Waals surface area contributed by atoms with Crippen LogP contribution in [-0.2, 0) is 21.2 Å². The Morgan fingerprint density at radius 3 is 2.34 bits per heavy atom. The highest BCUT2D eigenvalue weighted by atomic mass is 35.5. The molecule has 0 aliphatic carbocycles. The van der Waals surface area contributed by atoms with Gasteiger partial charge in [0.15, 0.2) is 0 Å². The fraction of sp³-hybridized carbons (Fsp3) is 0.240. The van der Waals surface area contributed by atoms with Crippen LogP contribution in [0.3, 0.4) is 0 Å². The van der Waals surface area contributed by atoms with Crippen LogP contribution in [0.1, 0.15) is 24.5 Å². The van der Waals surface area contributed by atoms with Crippen LogP contribution >= 0.6 is 11.6 Å². The maximum Gasteiger partial charge on any atom is 0.264 e. The highest BCUT2D eigenvalue weighted by Crippen LogP contribution is 2.26. The van der Waals surface area contributed by atoms with E-state index in [4.69, 9.17) is 11.6 Å². The third-order valence-electron chi connectivity index (χ3n) is 5.11. The van der Waals surface area contributed by atoms with Crippen molar-refractivity contribution in [3.63, 3.8) is 0 Å². The maximum absolute atomic E-state index is 13.4. The lowest BCUT2D eigenvalue weighted by molar-refractivity contribution is -0.120. The van der Waals surface area contributed by atoms with Crippen LogP contribution in [0.4, 0.5) is 5.69 Å². The first kappa shape index (κ1) is 23.8. The summed E-state index contributed by atoms with van der Waals surface area (Å²) in [5, 5.41) is 3.31. The lowest BCUT2D eigenvalue weighted by Gasteiger charge is -2.25. The number of hydrogen-bond acceptors (Lipinski definition) is 3. The molecule has 3 rings (SSSR count). The number of carbonyl (C=O) groups excluding carboxylic acids is 1. The number of nitrogens with one attached hydrogen (secondary N) is 1. The number of amides is 1. The number of benzene rings is 3. The summed E-state index contributed by atoms with van der Waals surface area (Å²) >= 11 is 6.10. The zero-order chi connectivity index (χ0) is 23.1. The van der Waals surface area contributed by atoms with Gasteiger partial charge < -0.3 is 5.32 Å². The first-order chi connectivity index (χ1) is 15.3. The molecular weight excluding hydrogens is 444 g/mol. The second-order valence-corrected chi connectivity index (χ2v) is 10.1. The average Bonchev–Trinajstić information content (AvgIpc) is 2.77. The minimum Gasteiger partial charge on any atom is -0.352 e. The van der Waals surface area contributed by atoms with Crippen molar-refractivity contribution in [3.05, 3.63) is 95.0 Å². The molecular formula is C25H27ClN2O3S. The lowest BCUT2D eigenvalue weighted by Crippen LogP contribution is -2.43. The minimum atomic E-state index is -3.96. The summed E-state index contributed by atoms with van der Waals surface area (Å²) in [5.74, 6) is -0.374. The van der Waals surface area contributed by atoms with E-state index in [1.54, 1.807) is 48.5 Å². The summed E-state index contributed by atoms with van der Waals surface area (Å²) in [5.41, 5.74) is 2.48. The molecule has 0 aliphatic heterocycles. The summed E-state index contributed by atoms with van der Waals surface area (Å²) < 4.78 is 27.9. The summed E-state index contributed by atoms with van der Waals surface area (Å²) in [6.07, 6.45) is 1.57. The van der Waals surface area contributed by atoms with E-state index >= 15 is 0 Å². The molecule has 0 bridgehead atoms. The predicted molar refractivity (Wildman–Crippen MR) is 130 cm³/mol. The Hall–Kier alpha value is -2.83. The molecule has 1 amide bonds. The molecule has 0 heterocycles. The molecule has 3 aromatic rings. The second kappa shape index (κ2) is 10.7. The van der Waals surface area contributed by atoms with E-state index in [9.17, 15) is 13.2 Å². The fourth-order valence-corrected chi connectivity index (χ4v) is 4.93. The number of hydrogen-bond donors (Lipinski definition) is 1. The van der Waals surface area contributed by atoms with Crippen molar-refractivity contribution in [2.75, 3.05) is 10.8 Å². The molecule has 0 spiro atoms. The number of aryl methyl sites for hydroxylation is 2. The Kier molecular flexibility index (Phi) is 7.94. The first-order valence-corrected chi connectivity index (χ1v) is 12.3. The van der Waals surface area contributed by atoms with Crippen LogP contribution in [0.25, 0.3) is 0 Å². The predicted octanol–water partition coefficient (Wildman–Crippen LogP) is 4.98. The lowest BCUT2D eigenvalue weighted by atomic mass is 10.1. The zero-order valence-corrected chi connectivity index (χ0v) is 19.7. The number of rotatable bonds is 9. The molecule has 0 radical (unpaired) electrons. The van der Waals surface area contributed by atoms with Crippen LogP contribution in [0.5, 0.6) is 0 Å². The molecule has 32 heavy (non-hydrogen) atoms. The Labute approximate surface area is 195 Å². The van der Waals surface area contributed by atoms with E-state index < -0.39 is 10.0 Å². The van der Waals surface area contributed by atoms with E-state index in [-0.39, 0.29) is 23.4 Å². The Bertz CT molecular complexity index is 1150. The van der Waals surface area contributed by atoms with Gasteiger partial charge in [-0.3, -0.25) is 9.10 Å². The number of sulfonamides is 1. The minimum absolute atomic E-state index is 0.106. The Morgan fingerprint density at radius 1 is 1.00 bits per heavy atom. The van der Waals surface area contributed by atoms with Crippen molar-refractivity contribution in [2.24, 2.45) is 0 Å². The van der Waals surface area contributed by atoms with Crippen molar-refractivity contribution < 1.29 is 13.2 Å². The standard InChI is InChI=1S/C25H27ClN2O3S/c1-19-11-15-24(16-12-19)32(30,31)28(23-10-6-9-22(26)17-23)18-25(29)27-20(2)13-14-21-7-4-3-5-8-21/h3-12,15-17,20H,13-14,18H2,1-2H3,(H,27,29)/t20-/m0/s1. The molecule has 1 N–H and O–H groups in total. The number of anilines is 1. The Balaban J connectivity index is 1.76. The molecule has 3 aromatic carbocycles. The van der Waals surface area contributed by atoms with Crippen LogP contribution in [0.15, 0.2) is 83.8 Å². The first-order valence-electron chi connectivity index (χ1n) is 10.4. The largest absolute Gasteiger partial charge is 0.352 e. The van der Waals surface area contributed by atoms with E-state index in [2.05, 4.69) is 5.32 Å². The molecule has 0 unspecified atom stereocenters. The topological polar surface area (TPSA) is 66.5 Å². The molecule has 0 aromatic heterocycles. The zero-order valence-electron chi connectivity index (χ0n) is 18.2. The third kappa shape index (κ3) is 6.34. The number of nitrogens with zero attached hydrogens (tertiary/aromatic N) is 1. The van der Waals surface area contributed by atoms with Gasteiger partial charge in [-0.25, -0.2) is 8.42 Å². The van der Waals surface area contributed by atoms with E-state index in [1.807, 2.05) is 44.2 Å². The van der Waals surface area contributed by atoms with Gasteiger partial charge in [0.05, 0.1) is 10.6 Å². The molecule has 0 saturated carbocycles. The van der Waals surface area contributed by atoms with Crippen molar-refractivity contribution in [1.82, 2.24) is 5.32 Å². The van der Waals surface area contributed by atoms with Gasteiger partial charge in [-0.15, -0.1) is 0 Å². The van der Waals surface area contributed by atoms with Gasteiger partial charge in [0.2, 0.25) is 5.91 Å². The molecule has 0 fully saturated rings. The van der Waals surface area contributed by atoms with Crippen LogP contribution in [0, 0.1) is 6.92 Å². The molecule has 7 heteroatoms. The van der Waals surface area contributed by atoms with Gasteiger partial charge in [-0.05, 0) is 62.6 Å². The van der Waals surface area contributed by atoms with Crippen molar-refractivity contribution in [2.45, 2.75) is 37.6 Å². The van der Waals surface area contributed by atoms with Gasteiger partial charge in [0.1, 0.15) is 6.54 Å². The molecule has 5 nitrogen and oxygen atoms in total. The van der Waals surface area contributed by atoms with Crippen molar-refractivity contribution >= 4 is 33.2 Å². The number of halogens is 1. The summed E-state index contributed by atoms with van der Waals surface area (Å²) in [7, 11) is -3.96. The van der Waals surface area contributed by atoms with Crippen LogP contribution in [-0.4, -0.2) is 26.9 Å². The van der Waals surface area contributed by atoms with E-state index in [0.717, 1.165) is 22.7 Å². The smallest absolute Gasteiger partial charge is 0.264 e. The SMILES string of the molecule is Cc1ccc(S(=O)(=O)N(CC(=O)N[C@@H](C)CCc2ccccc2)c2cccc(Cl)c2)cc1. The molecule has 1 atom stereocenters. The van der Waals surface area contributed by atoms with Crippen molar-refractivity contribution in [3.8, 4) is 0 Å². The van der Waals surface area contributed by atoms with Gasteiger partial charge in [-0.1, -0.05) is 65.7 Å². The summed E-state index contributed by atoms with van der Waals surface area (Å²) in [4.78, 5) is 12.9. The van der Waals surface area contributed by atoms with Crippen LogP contribution < -0.4 is 9.62 Å². The average molecular weight is 471 g/mol. The molecule has 0 saturated heterocycles. The highest BCUT2D eigenvalue weighted by Gasteiger charge is 2.27. The maximum atomic E-state index is 13.4. The molecule has 0 aliphatic rings. The third-order valence-corrected chi connectivity index (χ3v) is 7.13. The van der Waals surface area contributed by atoms with E-state index in [0.29, 0.717) is 10.7 Å². The van der Waals surface area contributed by atoms with E-state index in [1.165, 1.54) is 5.56 Å². The quantitative estimate of drug-likeness (QED) is 0.479. The van der Waals surface area contributed by atoms with Crippen molar-refractivity contribution in [1.29, 1.82) is 0 Å². The Morgan fingerprint density at radius 2 is 1.69 bits per heavy atom. The van der Waals surface area contributed by atoms with Gasteiger partial charge in [0.25, 0.3) is 10.0 Å². The second-order valence-electron chi connectivity index (χ2n) is 7.80. The number of carbonyl (C=O) groups is 1. The highest BCUT2D eigenvalue weighted by molar-refractivity contribution is 7.92.